The van der Waals surface area contributed by atoms with Gasteiger partial charge in [0.05, 0.1) is 0 Å². The minimum absolute atomic E-state index is 1.00. The lowest BCUT2D eigenvalue weighted by Gasteiger charge is -2.20. The molecule has 0 atom stereocenters. The van der Waals surface area contributed by atoms with Gasteiger partial charge >= 0.3 is 0 Å². The van der Waals surface area contributed by atoms with Crippen molar-refractivity contribution in [3.8, 4) is 0 Å². The molecule has 0 heterocycles. The molecule has 0 aliphatic rings. The van der Waals surface area contributed by atoms with Gasteiger partial charge in [-0.25, -0.2) is 0 Å². The highest BCUT2D eigenvalue weighted by atomic mass is 28.3. The molecule has 0 radical (unpaired) electrons. The van der Waals surface area contributed by atoms with Crippen molar-refractivity contribution in [3.63, 3.8) is 0 Å². The number of aryl methyl sites for hydroxylation is 1. The summed E-state index contributed by atoms with van der Waals surface area (Å²) in [6.45, 7) is 12.9. The maximum absolute atomic E-state index is 3.79. The Morgan fingerprint density at radius 3 is 2.31 bits per heavy atom. The number of allylic oxidation sites excluding steroid dienone is 2. The molecule has 0 fully saturated rings. The molecule has 0 bridgehead atoms. The van der Waals surface area contributed by atoms with Gasteiger partial charge in [-0.3, -0.25) is 0 Å². The van der Waals surface area contributed by atoms with E-state index in [9.17, 15) is 0 Å². The fraction of sp³-hybridized carbons (Fsp3) is 0.333. The lowest BCUT2D eigenvalue weighted by molar-refractivity contribution is 1.22. The molecule has 0 aromatic heterocycles. The zero-order valence-electron chi connectivity index (χ0n) is 10.9. The van der Waals surface area contributed by atoms with Crippen LogP contribution in [0.5, 0.6) is 0 Å². The number of benzene rings is 1. The second-order valence-electron chi connectivity index (χ2n) is 5.07. The van der Waals surface area contributed by atoms with Crippen molar-refractivity contribution in [1.29, 1.82) is 0 Å². The highest BCUT2D eigenvalue weighted by Crippen LogP contribution is 2.11. The first-order chi connectivity index (χ1) is 7.45. The summed E-state index contributed by atoms with van der Waals surface area (Å²) in [7, 11) is -1.41. The van der Waals surface area contributed by atoms with Crippen LogP contribution in [-0.4, -0.2) is 8.07 Å². The zero-order valence-corrected chi connectivity index (χ0v) is 11.9. The van der Waals surface area contributed by atoms with E-state index in [2.05, 4.69) is 63.5 Å². The summed E-state index contributed by atoms with van der Waals surface area (Å²) in [6.07, 6.45) is 2.98. The molecule has 0 saturated heterocycles. The summed E-state index contributed by atoms with van der Waals surface area (Å²) < 4.78 is 0. The number of hydrogen-bond donors (Lipinski definition) is 0. The fourth-order valence-corrected chi connectivity index (χ4v) is 4.51. The normalized spacial score (nSPS) is 12.6. The Hall–Kier alpha value is -1.08. The summed E-state index contributed by atoms with van der Waals surface area (Å²) in [5.74, 6) is 0. The van der Waals surface area contributed by atoms with Crippen molar-refractivity contribution in [3.05, 3.63) is 53.8 Å². The van der Waals surface area contributed by atoms with E-state index in [4.69, 9.17) is 0 Å². The molecule has 1 aromatic rings. The molecule has 1 aromatic carbocycles. The van der Waals surface area contributed by atoms with Gasteiger partial charge in [0.1, 0.15) is 8.07 Å². The first-order valence-corrected chi connectivity index (χ1v) is 8.90. The Morgan fingerprint density at radius 1 is 1.25 bits per heavy atom. The van der Waals surface area contributed by atoms with Gasteiger partial charge in [-0.05, 0) is 20.3 Å². The van der Waals surface area contributed by atoms with Gasteiger partial charge in [-0.2, -0.15) is 0 Å². The SMILES string of the molecule is C=CC/C(C)=C/[Si](C)(C)c1ccc(C)cc1. The van der Waals surface area contributed by atoms with Crippen LogP contribution in [0.4, 0.5) is 0 Å². The van der Waals surface area contributed by atoms with E-state index in [1.54, 1.807) is 0 Å². The van der Waals surface area contributed by atoms with Crippen LogP contribution in [0.1, 0.15) is 18.9 Å². The van der Waals surface area contributed by atoms with Crippen molar-refractivity contribution in [1.82, 2.24) is 0 Å². The maximum atomic E-state index is 3.79. The predicted molar refractivity (Wildman–Crippen MR) is 76.9 cm³/mol. The van der Waals surface area contributed by atoms with Crippen molar-refractivity contribution in [2.45, 2.75) is 33.4 Å². The molecule has 0 aliphatic heterocycles. The van der Waals surface area contributed by atoms with Crippen LogP contribution < -0.4 is 5.19 Å². The van der Waals surface area contributed by atoms with E-state index in [1.165, 1.54) is 16.3 Å². The van der Waals surface area contributed by atoms with Gasteiger partial charge in [0.15, 0.2) is 0 Å². The zero-order chi connectivity index (χ0) is 12.2. The highest BCUT2D eigenvalue weighted by Gasteiger charge is 2.20. The third kappa shape index (κ3) is 3.49. The third-order valence-corrected chi connectivity index (χ3v) is 5.90. The molecule has 0 nitrogen and oxygen atoms in total. The lowest BCUT2D eigenvalue weighted by atomic mass is 10.2. The summed E-state index contributed by atoms with van der Waals surface area (Å²) >= 11 is 0. The first kappa shape index (κ1) is 13.0. The minimum atomic E-state index is -1.41. The molecule has 86 valence electrons. The molecular formula is C15H22Si. The van der Waals surface area contributed by atoms with Crippen molar-refractivity contribution in [2.24, 2.45) is 0 Å². The van der Waals surface area contributed by atoms with E-state index < -0.39 is 8.07 Å². The van der Waals surface area contributed by atoms with Crippen molar-refractivity contribution >= 4 is 13.3 Å². The second kappa shape index (κ2) is 5.31. The summed E-state index contributed by atoms with van der Waals surface area (Å²) in [5, 5.41) is 1.50. The summed E-state index contributed by atoms with van der Waals surface area (Å²) in [5.41, 5.74) is 5.24. The van der Waals surface area contributed by atoms with Gasteiger partial charge in [0, 0.05) is 0 Å². The molecule has 1 rings (SSSR count). The Kier molecular flexibility index (Phi) is 4.31. The molecule has 0 spiro atoms. The van der Waals surface area contributed by atoms with E-state index in [0.717, 1.165) is 6.42 Å². The van der Waals surface area contributed by atoms with E-state index in [-0.39, 0.29) is 0 Å². The standard InChI is InChI=1S/C15H22Si/c1-6-7-14(3)12-16(4,5)15-10-8-13(2)9-11-15/h6,8-12H,1,7H2,2-5H3/b14-12+. The molecule has 0 amide bonds. The lowest BCUT2D eigenvalue weighted by Crippen LogP contribution is -2.39. The summed E-state index contributed by atoms with van der Waals surface area (Å²) in [6, 6.07) is 8.97. The monoisotopic (exact) mass is 230 g/mol. The number of hydrogen-bond acceptors (Lipinski definition) is 0. The predicted octanol–water partition coefficient (Wildman–Crippen LogP) is 3.97. The minimum Gasteiger partial charge on any atom is -0.103 e. The molecule has 0 unspecified atom stereocenters. The van der Waals surface area contributed by atoms with Gasteiger partial charge in [0.25, 0.3) is 0 Å². The van der Waals surface area contributed by atoms with Crippen LogP contribution in [0, 0.1) is 6.92 Å². The molecule has 16 heavy (non-hydrogen) atoms. The van der Waals surface area contributed by atoms with Gasteiger partial charge in [-0.15, -0.1) is 6.58 Å². The van der Waals surface area contributed by atoms with Gasteiger partial charge < -0.3 is 0 Å². The third-order valence-electron chi connectivity index (χ3n) is 2.87. The average Bonchev–Trinajstić information content (AvgIpc) is 2.17. The molecule has 0 aliphatic carbocycles. The Morgan fingerprint density at radius 2 is 1.81 bits per heavy atom. The van der Waals surface area contributed by atoms with Crippen molar-refractivity contribution in [2.75, 3.05) is 0 Å². The highest BCUT2D eigenvalue weighted by molar-refractivity contribution is 6.94. The maximum Gasteiger partial charge on any atom is 0.104 e. The van der Waals surface area contributed by atoms with Crippen LogP contribution >= 0.6 is 0 Å². The largest absolute Gasteiger partial charge is 0.104 e. The van der Waals surface area contributed by atoms with Crippen LogP contribution in [0.15, 0.2) is 48.2 Å². The van der Waals surface area contributed by atoms with Crippen LogP contribution in [0.2, 0.25) is 13.1 Å². The second-order valence-corrected chi connectivity index (χ2v) is 9.38. The fourth-order valence-electron chi connectivity index (χ4n) is 1.97. The molecule has 0 saturated carbocycles. The molecule has 0 N–H and O–H groups in total. The van der Waals surface area contributed by atoms with E-state index in [1.807, 2.05) is 6.08 Å². The first-order valence-electron chi connectivity index (χ1n) is 5.82. The number of rotatable bonds is 4. The summed E-state index contributed by atoms with van der Waals surface area (Å²) in [4.78, 5) is 0. The smallest absolute Gasteiger partial charge is 0.103 e. The molecule has 1 heteroatoms. The van der Waals surface area contributed by atoms with Crippen LogP contribution in [0.3, 0.4) is 0 Å². The van der Waals surface area contributed by atoms with Crippen LogP contribution in [-0.2, 0) is 0 Å². The van der Waals surface area contributed by atoms with Gasteiger partial charge in [0.2, 0.25) is 0 Å². The quantitative estimate of drug-likeness (QED) is 0.542. The Labute approximate surface area is 101 Å². The topological polar surface area (TPSA) is 0 Å². The van der Waals surface area contributed by atoms with Crippen molar-refractivity contribution < 1.29 is 0 Å². The van der Waals surface area contributed by atoms with Crippen LogP contribution in [0.25, 0.3) is 0 Å². The van der Waals surface area contributed by atoms with E-state index >= 15 is 0 Å². The Balaban J connectivity index is 2.96. The van der Waals surface area contributed by atoms with Gasteiger partial charge in [-0.1, -0.05) is 65.5 Å². The van der Waals surface area contributed by atoms with E-state index in [0.29, 0.717) is 0 Å². The molecular weight excluding hydrogens is 208 g/mol. The Bertz CT molecular complexity index is 382. The average molecular weight is 230 g/mol.